The molecule has 1 aliphatic heterocycles. The Balaban J connectivity index is 1.23. The largest absolute Gasteiger partial charge is 0.625 e. The van der Waals surface area contributed by atoms with Crippen LogP contribution in [-0.4, -0.2) is 63.9 Å². The second kappa shape index (κ2) is 9.43. The average molecular weight is 555 g/mol. The Kier molecular flexibility index (Phi) is 7.09. The summed E-state index contributed by atoms with van der Waals surface area (Å²) in [6.45, 7) is 10.3. The topological polar surface area (TPSA) is 110 Å². The molecule has 0 aromatic heterocycles. The SMILES string of the molecule is C[C@H](CCC(=O)NCC(=O)[N+]1([O-])C[C@H]1C)[C@H]1CCC2C3C(CC[C@@]21C)[C@@]1(C)CC(F)(F)[C@H](O)C[C@@]1(C)C[C@@H]3O. The third-order valence-electron chi connectivity index (χ3n) is 12.9. The minimum Gasteiger partial charge on any atom is -0.625 e. The summed E-state index contributed by atoms with van der Waals surface area (Å²) < 4.78 is 29.0. The van der Waals surface area contributed by atoms with Gasteiger partial charge < -0.3 is 20.7 Å². The molecule has 4 saturated carbocycles. The van der Waals surface area contributed by atoms with Gasteiger partial charge in [0.25, 0.3) is 5.92 Å². The number of hydrogen-bond acceptors (Lipinski definition) is 5. The number of carbonyl (C=O) groups excluding carboxylic acids is 2. The molecule has 5 rings (SSSR count). The molecular weight excluding hydrogens is 506 g/mol. The van der Waals surface area contributed by atoms with Crippen LogP contribution in [0.25, 0.3) is 0 Å². The van der Waals surface area contributed by atoms with Gasteiger partial charge in [-0.15, -0.1) is 0 Å². The summed E-state index contributed by atoms with van der Waals surface area (Å²) in [6, 6.07) is -0.221. The molecule has 39 heavy (non-hydrogen) atoms. The standard InChI is InChI=1S/C30H48F2N2O5/c1-17(6-9-24(37)33-14-25(38)34(39)15-18(34)2)19-7-8-20-26-21(10-11-28(19,20)4)29(5)16-30(31,32)23(36)13-27(29,3)12-22(26)35/h17-23,26,35-36H,6-16H2,1-5H3,(H,33,37)/t17-,18-,19-,20?,21?,22+,23-,26?,27-,28-,29-,34?/m1/s1. The summed E-state index contributed by atoms with van der Waals surface area (Å²) >= 11 is 0. The number of nitrogens with zero attached hydrogens (tertiary/aromatic N) is 1. The zero-order valence-corrected chi connectivity index (χ0v) is 24.2. The van der Waals surface area contributed by atoms with Gasteiger partial charge >= 0.3 is 5.91 Å². The predicted molar refractivity (Wildman–Crippen MR) is 142 cm³/mol. The number of alkyl halides is 2. The third-order valence-corrected chi connectivity index (χ3v) is 12.9. The molecule has 12 atom stereocenters. The first-order valence-corrected chi connectivity index (χ1v) is 15.1. The molecule has 222 valence electrons. The molecule has 0 aromatic carbocycles. The summed E-state index contributed by atoms with van der Waals surface area (Å²) in [7, 11) is 0. The van der Waals surface area contributed by atoms with Crippen LogP contribution in [0, 0.1) is 51.0 Å². The van der Waals surface area contributed by atoms with Crippen molar-refractivity contribution in [2.24, 2.45) is 45.8 Å². The third kappa shape index (κ3) is 4.49. The normalized spacial score (nSPS) is 50.8. The van der Waals surface area contributed by atoms with Crippen molar-refractivity contribution in [3.63, 3.8) is 0 Å². The smallest absolute Gasteiger partial charge is 0.333 e. The van der Waals surface area contributed by atoms with Gasteiger partial charge in [0, 0.05) is 12.8 Å². The highest BCUT2D eigenvalue weighted by Crippen LogP contribution is 2.72. The lowest BCUT2D eigenvalue weighted by Gasteiger charge is -2.67. The molecule has 9 heteroatoms. The van der Waals surface area contributed by atoms with Crippen LogP contribution in [-0.2, 0) is 9.59 Å². The molecule has 0 spiro atoms. The van der Waals surface area contributed by atoms with Crippen molar-refractivity contribution in [2.75, 3.05) is 13.1 Å². The number of aliphatic hydroxyl groups excluding tert-OH is 2. The predicted octanol–water partition coefficient (Wildman–Crippen LogP) is 4.39. The fourth-order valence-electron chi connectivity index (χ4n) is 10.2. The molecule has 0 bridgehead atoms. The highest BCUT2D eigenvalue weighted by Gasteiger charge is 2.69. The maximum absolute atomic E-state index is 14.9. The Morgan fingerprint density at radius 2 is 1.77 bits per heavy atom. The highest BCUT2D eigenvalue weighted by molar-refractivity contribution is 5.82. The highest BCUT2D eigenvalue weighted by atomic mass is 19.3. The lowest BCUT2D eigenvalue weighted by Crippen LogP contribution is -2.65. The van der Waals surface area contributed by atoms with Gasteiger partial charge in [-0.25, -0.2) is 13.6 Å². The maximum Gasteiger partial charge on any atom is 0.333 e. The second-order valence-electron chi connectivity index (χ2n) is 14.9. The molecule has 3 N–H and O–H groups in total. The monoisotopic (exact) mass is 554 g/mol. The molecule has 5 aliphatic rings. The van der Waals surface area contributed by atoms with Crippen LogP contribution in [0.5, 0.6) is 0 Å². The van der Waals surface area contributed by atoms with Crippen molar-refractivity contribution < 1.29 is 33.2 Å². The molecule has 1 saturated heterocycles. The van der Waals surface area contributed by atoms with E-state index < -0.39 is 39.5 Å². The first-order valence-electron chi connectivity index (χ1n) is 15.1. The number of halogens is 2. The van der Waals surface area contributed by atoms with Crippen LogP contribution in [0.2, 0.25) is 0 Å². The van der Waals surface area contributed by atoms with Crippen molar-refractivity contribution in [1.29, 1.82) is 0 Å². The maximum atomic E-state index is 14.9. The number of fused-ring (bicyclic) bond motifs is 5. The van der Waals surface area contributed by atoms with E-state index in [1.807, 2.05) is 13.8 Å². The van der Waals surface area contributed by atoms with Crippen LogP contribution in [0.15, 0.2) is 0 Å². The van der Waals surface area contributed by atoms with Gasteiger partial charge in [0.1, 0.15) is 25.2 Å². The Hall–Kier alpha value is -1.16. The van der Waals surface area contributed by atoms with E-state index in [2.05, 4.69) is 19.2 Å². The number of aliphatic hydroxyl groups is 2. The second-order valence-corrected chi connectivity index (χ2v) is 14.9. The Labute approximate surface area is 231 Å². The summed E-state index contributed by atoms with van der Waals surface area (Å²) in [5, 5.41) is 36.5. The van der Waals surface area contributed by atoms with Gasteiger partial charge in [0.2, 0.25) is 5.91 Å². The Bertz CT molecular complexity index is 1010. The lowest BCUT2D eigenvalue weighted by atomic mass is 9.39. The average Bonchev–Trinajstić information content (AvgIpc) is 3.30. The zero-order valence-electron chi connectivity index (χ0n) is 24.2. The Morgan fingerprint density at radius 3 is 2.41 bits per heavy atom. The summed E-state index contributed by atoms with van der Waals surface area (Å²) in [5.74, 6) is -2.96. The fourth-order valence-corrected chi connectivity index (χ4v) is 10.2. The number of quaternary nitrogens is 1. The summed E-state index contributed by atoms with van der Waals surface area (Å²) in [4.78, 5) is 24.6. The number of hydrogen-bond donors (Lipinski definition) is 3. The van der Waals surface area contributed by atoms with Gasteiger partial charge in [-0.2, -0.15) is 0 Å². The minimum atomic E-state index is -3.11. The summed E-state index contributed by atoms with van der Waals surface area (Å²) in [6.07, 6.45) is 2.58. The van der Waals surface area contributed by atoms with E-state index in [0.717, 1.165) is 25.7 Å². The molecular formula is C30H48F2N2O5. The number of nitrogens with one attached hydrogen (secondary N) is 1. The van der Waals surface area contributed by atoms with Crippen LogP contribution in [0.1, 0.15) is 92.4 Å². The van der Waals surface area contributed by atoms with Crippen LogP contribution in [0.4, 0.5) is 8.78 Å². The first kappa shape index (κ1) is 29.3. The van der Waals surface area contributed by atoms with Crippen LogP contribution >= 0.6 is 0 Å². The van der Waals surface area contributed by atoms with Crippen molar-refractivity contribution in [3.8, 4) is 0 Å². The molecule has 5 fully saturated rings. The van der Waals surface area contributed by atoms with Crippen LogP contribution < -0.4 is 5.32 Å². The molecule has 4 aliphatic carbocycles. The van der Waals surface area contributed by atoms with Gasteiger partial charge in [-0.05, 0) is 97.7 Å². The quantitative estimate of drug-likeness (QED) is 0.256. The van der Waals surface area contributed by atoms with Gasteiger partial charge in [-0.1, -0.05) is 27.7 Å². The van der Waals surface area contributed by atoms with E-state index in [-0.39, 0.29) is 67.0 Å². The fraction of sp³-hybridized carbons (Fsp3) is 0.933. The molecule has 7 nitrogen and oxygen atoms in total. The minimum absolute atomic E-state index is 0.00281. The van der Waals surface area contributed by atoms with E-state index in [0.29, 0.717) is 25.2 Å². The number of carbonyl (C=O) groups is 2. The van der Waals surface area contributed by atoms with Crippen molar-refractivity contribution in [1.82, 2.24) is 5.32 Å². The van der Waals surface area contributed by atoms with E-state index in [1.165, 1.54) is 0 Å². The van der Waals surface area contributed by atoms with Crippen molar-refractivity contribution in [3.05, 3.63) is 5.21 Å². The summed E-state index contributed by atoms with van der Waals surface area (Å²) in [5.41, 5.74) is -1.19. The zero-order chi connectivity index (χ0) is 28.8. The lowest BCUT2D eigenvalue weighted by molar-refractivity contribution is -0.674. The number of rotatable bonds is 6. The van der Waals surface area contributed by atoms with Crippen LogP contribution in [0.3, 0.4) is 0 Å². The molecule has 0 aromatic rings. The van der Waals surface area contributed by atoms with Gasteiger partial charge in [0.15, 0.2) is 0 Å². The van der Waals surface area contributed by atoms with E-state index >= 15 is 0 Å². The van der Waals surface area contributed by atoms with Crippen molar-refractivity contribution in [2.45, 2.75) is 117 Å². The number of amides is 2. The van der Waals surface area contributed by atoms with Gasteiger partial charge in [0.05, 0.1) is 6.10 Å². The van der Waals surface area contributed by atoms with Gasteiger partial charge in [-0.3, -0.25) is 9.44 Å². The van der Waals surface area contributed by atoms with Crippen molar-refractivity contribution >= 4 is 11.8 Å². The first-order chi connectivity index (χ1) is 18.0. The van der Waals surface area contributed by atoms with E-state index in [1.54, 1.807) is 6.92 Å². The molecule has 2 amide bonds. The molecule has 0 radical (unpaired) electrons. The Morgan fingerprint density at radius 1 is 1.10 bits per heavy atom. The molecule has 4 unspecified atom stereocenters. The number of hydroxylamine groups is 3. The van der Waals surface area contributed by atoms with E-state index in [9.17, 15) is 33.8 Å². The molecule has 1 heterocycles. The van der Waals surface area contributed by atoms with E-state index in [4.69, 9.17) is 0 Å².